The second-order valence-electron chi connectivity index (χ2n) is 5.51. The van der Waals surface area contributed by atoms with Gasteiger partial charge < -0.3 is 5.32 Å². The first-order valence-corrected chi connectivity index (χ1v) is 8.82. The summed E-state index contributed by atoms with van der Waals surface area (Å²) in [5.41, 5.74) is 0.843. The van der Waals surface area contributed by atoms with E-state index in [1.165, 1.54) is 25.7 Å². The first-order chi connectivity index (χ1) is 9.81. The Kier molecular flexibility index (Phi) is 6.44. The van der Waals surface area contributed by atoms with Crippen LogP contribution in [0.15, 0.2) is 29.2 Å². The average Bonchev–Trinajstić information content (AvgIpc) is 2.74. The summed E-state index contributed by atoms with van der Waals surface area (Å²) >= 11 is 1.78. The molecule has 1 saturated carbocycles. The molecule has 0 atom stereocenters. The van der Waals surface area contributed by atoms with Crippen LogP contribution in [0.5, 0.6) is 0 Å². The van der Waals surface area contributed by atoms with Crippen LogP contribution < -0.4 is 5.32 Å². The molecule has 3 heteroatoms. The Labute approximate surface area is 126 Å². The van der Waals surface area contributed by atoms with Crippen molar-refractivity contribution in [1.29, 1.82) is 0 Å². The highest BCUT2D eigenvalue weighted by atomic mass is 32.2. The highest BCUT2D eigenvalue weighted by molar-refractivity contribution is 7.99. The molecule has 1 aliphatic rings. The number of amides is 1. The van der Waals surface area contributed by atoms with Gasteiger partial charge >= 0.3 is 0 Å². The molecule has 0 aliphatic heterocycles. The third-order valence-electron chi connectivity index (χ3n) is 3.78. The lowest BCUT2D eigenvalue weighted by atomic mass is 10.1. The molecular weight excluding hydrogens is 266 g/mol. The fourth-order valence-electron chi connectivity index (χ4n) is 2.68. The van der Waals surface area contributed by atoms with Gasteiger partial charge in [-0.15, -0.1) is 11.8 Å². The third-order valence-corrected chi connectivity index (χ3v) is 5.06. The zero-order chi connectivity index (χ0) is 14.2. The van der Waals surface area contributed by atoms with Gasteiger partial charge in [0.05, 0.1) is 5.56 Å². The third kappa shape index (κ3) is 4.55. The molecule has 20 heavy (non-hydrogen) atoms. The molecule has 1 fully saturated rings. The van der Waals surface area contributed by atoms with E-state index in [0.717, 1.165) is 35.5 Å². The molecule has 0 unspecified atom stereocenters. The van der Waals surface area contributed by atoms with Gasteiger partial charge in [-0.25, -0.2) is 0 Å². The number of benzene rings is 1. The van der Waals surface area contributed by atoms with E-state index in [2.05, 4.69) is 18.3 Å². The highest BCUT2D eigenvalue weighted by Gasteiger charge is 2.17. The van der Waals surface area contributed by atoms with E-state index < -0.39 is 0 Å². The lowest BCUT2D eigenvalue weighted by Gasteiger charge is -2.17. The Morgan fingerprint density at radius 3 is 2.60 bits per heavy atom. The Morgan fingerprint density at radius 2 is 1.90 bits per heavy atom. The monoisotopic (exact) mass is 291 g/mol. The Bertz CT molecular complexity index is 425. The maximum atomic E-state index is 12.5. The first kappa shape index (κ1) is 15.4. The van der Waals surface area contributed by atoms with Gasteiger partial charge in [0.1, 0.15) is 0 Å². The zero-order valence-corrected chi connectivity index (χ0v) is 13.2. The molecule has 1 aliphatic carbocycles. The molecule has 2 nitrogen and oxygen atoms in total. The smallest absolute Gasteiger partial charge is 0.252 e. The summed E-state index contributed by atoms with van der Waals surface area (Å²) in [4.78, 5) is 13.6. The molecule has 1 N–H and O–H groups in total. The molecule has 1 aromatic carbocycles. The predicted molar refractivity (Wildman–Crippen MR) is 86.4 cm³/mol. The van der Waals surface area contributed by atoms with Gasteiger partial charge in [-0.1, -0.05) is 44.7 Å². The molecule has 0 saturated heterocycles. The van der Waals surface area contributed by atoms with E-state index in [-0.39, 0.29) is 5.91 Å². The SMILES string of the molecule is CCCSc1ccccc1C(=O)NC1CCCCCC1. The summed E-state index contributed by atoms with van der Waals surface area (Å²) in [6.07, 6.45) is 8.52. The van der Waals surface area contributed by atoms with Gasteiger partial charge in [-0.3, -0.25) is 4.79 Å². The van der Waals surface area contributed by atoms with Crippen molar-refractivity contribution in [3.63, 3.8) is 0 Å². The molecule has 110 valence electrons. The topological polar surface area (TPSA) is 29.1 Å². The van der Waals surface area contributed by atoms with Crippen LogP contribution in [0.3, 0.4) is 0 Å². The van der Waals surface area contributed by atoms with Crippen molar-refractivity contribution < 1.29 is 4.79 Å². The number of carbonyl (C=O) groups is 1. The lowest BCUT2D eigenvalue weighted by molar-refractivity contribution is 0.0930. The summed E-state index contributed by atoms with van der Waals surface area (Å²) in [5.74, 6) is 1.17. The average molecular weight is 291 g/mol. The number of rotatable bonds is 5. The van der Waals surface area contributed by atoms with Crippen molar-refractivity contribution >= 4 is 17.7 Å². The Hall–Kier alpha value is -0.960. The van der Waals surface area contributed by atoms with Crippen LogP contribution in [0.2, 0.25) is 0 Å². The predicted octanol–water partition coefficient (Wildman–Crippen LogP) is 4.64. The second-order valence-corrected chi connectivity index (χ2v) is 6.64. The maximum Gasteiger partial charge on any atom is 0.252 e. The molecule has 2 rings (SSSR count). The van der Waals surface area contributed by atoms with Gasteiger partial charge in [-0.05, 0) is 37.1 Å². The molecule has 0 bridgehead atoms. The standard InChI is InChI=1S/C17H25NOS/c1-2-13-20-16-12-8-7-11-15(16)17(19)18-14-9-5-3-4-6-10-14/h7-8,11-12,14H,2-6,9-10,13H2,1H3,(H,18,19). The Balaban J connectivity index is 2.00. The largest absolute Gasteiger partial charge is 0.349 e. The van der Waals surface area contributed by atoms with E-state index >= 15 is 0 Å². The number of hydrogen-bond acceptors (Lipinski definition) is 2. The van der Waals surface area contributed by atoms with E-state index in [4.69, 9.17) is 0 Å². The summed E-state index contributed by atoms with van der Waals surface area (Å²) in [6, 6.07) is 8.35. The van der Waals surface area contributed by atoms with Crippen molar-refractivity contribution in [3.05, 3.63) is 29.8 Å². The van der Waals surface area contributed by atoms with Crippen molar-refractivity contribution in [2.24, 2.45) is 0 Å². The molecule has 1 amide bonds. The normalized spacial score (nSPS) is 16.6. The minimum atomic E-state index is 0.108. The first-order valence-electron chi connectivity index (χ1n) is 7.84. The lowest BCUT2D eigenvalue weighted by Crippen LogP contribution is -2.34. The highest BCUT2D eigenvalue weighted by Crippen LogP contribution is 2.24. The maximum absolute atomic E-state index is 12.5. The number of carbonyl (C=O) groups excluding carboxylic acids is 1. The van der Waals surface area contributed by atoms with Crippen LogP contribution in [0.25, 0.3) is 0 Å². The van der Waals surface area contributed by atoms with Crippen LogP contribution in [0, 0.1) is 0 Å². The molecule has 1 aromatic rings. The van der Waals surface area contributed by atoms with Crippen molar-refractivity contribution in [3.8, 4) is 0 Å². The fraction of sp³-hybridized carbons (Fsp3) is 0.588. The summed E-state index contributed by atoms with van der Waals surface area (Å²) in [5, 5.41) is 3.24. The van der Waals surface area contributed by atoms with E-state index in [1.54, 1.807) is 11.8 Å². The minimum absolute atomic E-state index is 0.108. The van der Waals surface area contributed by atoms with Gasteiger partial charge in [-0.2, -0.15) is 0 Å². The van der Waals surface area contributed by atoms with Crippen molar-refractivity contribution in [2.45, 2.75) is 62.8 Å². The molecule has 0 heterocycles. The van der Waals surface area contributed by atoms with Gasteiger partial charge in [0.25, 0.3) is 5.91 Å². The second kappa shape index (κ2) is 8.35. The van der Waals surface area contributed by atoms with Crippen LogP contribution in [0.4, 0.5) is 0 Å². The van der Waals surface area contributed by atoms with Crippen molar-refractivity contribution in [2.75, 3.05) is 5.75 Å². The van der Waals surface area contributed by atoms with Gasteiger partial charge in [0.15, 0.2) is 0 Å². The number of nitrogens with one attached hydrogen (secondary N) is 1. The summed E-state index contributed by atoms with van der Waals surface area (Å²) in [6.45, 7) is 2.17. The molecule has 0 aromatic heterocycles. The van der Waals surface area contributed by atoms with E-state index in [1.807, 2.05) is 18.2 Å². The number of thioether (sulfide) groups is 1. The van der Waals surface area contributed by atoms with Gasteiger partial charge in [0.2, 0.25) is 0 Å². The van der Waals surface area contributed by atoms with Crippen molar-refractivity contribution in [1.82, 2.24) is 5.32 Å². The summed E-state index contributed by atoms with van der Waals surface area (Å²) < 4.78 is 0. The number of hydrogen-bond donors (Lipinski definition) is 1. The minimum Gasteiger partial charge on any atom is -0.349 e. The fourth-order valence-corrected chi connectivity index (χ4v) is 3.59. The summed E-state index contributed by atoms with van der Waals surface area (Å²) in [7, 11) is 0. The van der Waals surface area contributed by atoms with Crippen LogP contribution >= 0.6 is 11.8 Å². The zero-order valence-electron chi connectivity index (χ0n) is 12.4. The van der Waals surface area contributed by atoms with Crippen LogP contribution in [-0.4, -0.2) is 17.7 Å². The quantitative estimate of drug-likeness (QED) is 0.632. The van der Waals surface area contributed by atoms with E-state index in [9.17, 15) is 4.79 Å². The van der Waals surface area contributed by atoms with Crippen LogP contribution in [-0.2, 0) is 0 Å². The van der Waals surface area contributed by atoms with E-state index in [0.29, 0.717) is 6.04 Å². The molecule has 0 radical (unpaired) electrons. The van der Waals surface area contributed by atoms with Gasteiger partial charge in [0, 0.05) is 10.9 Å². The Morgan fingerprint density at radius 1 is 1.20 bits per heavy atom. The van der Waals surface area contributed by atoms with Crippen LogP contribution in [0.1, 0.15) is 62.2 Å². The molecule has 0 spiro atoms. The molecular formula is C17H25NOS.